The quantitative estimate of drug-likeness (QED) is 0.467. The summed E-state index contributed by atoms with van der Waals surface area (Å²) < 4.78 is 5.38. The lowest BCUT2D eigenvalue weighted by atomic mass is 9.62. The lowest BCUT2D eigenvalue weighted by molar-refractivity contribution is 0.331. The van der Waals surface area contributed by atoms with E-state index in [2.05, 4.69) is 76.4 Å². The largest absolute Gasteiger partial charge is 0.497 e. The third-order valence-electron chi connectivity index (χ3n) is 6.70. The maximum absolute atomic E-state index is 5.38. The number of thiazole rings is 1. The highest BCUT2D eigenvalue weighted by molar-refractivity contribution is 7.09. The van der Waals surface area contributed by atoms with Gasteiger partial charge in [0.05, 0.1) is 13.0 Å². The first-order chi connectivity index (χ1) is 13.7. The SMILES string of the molecule is COc1ccc(C(c2nccs2)c2cc3c(cc2C)C(C)(C)CCC3(C)C)cc1. The van der Waals surface area contributed by atoms with Gasteiger partial charge < -0.3 is 4.74 Å². The molecule has 1 unspecified atom stereocenters. The molecule has 0 amide bonds. The predicted molar refractivity (Wildman–Crippen MR) is 123 cm³/mol. The third-order valence-corrected chi connectivity index (χ3v) is 7.54. The number of methoxy groups -OCH3 is 1. The monoisotopic (exact) mass is 405 g/mol. The first-order valence-electron chi connectivity index (χ1n) is 10.4. The Bertz CT molecular complexity index is 1000. The van der Waals surface area contributed by atoms with Crippen LogP contribution in [0, 0.1) is 6.92 Å². The van der Waals surface area contributed by atoms with Crippen LogP contribution in [0.5, 0.6) is 5.75 Å². The molecule has 2 nitrogen and oxygen atoms in total. The van der Waals surface area contributed by atoms with Crippen molar-refractivity contribution in [2.24, 2.45) is 0 Å². The first kappa shape index (κ1) is 20.2. The zero-order valence-electron chi connectivity index (χ0n) is 18.4. The summed E-state index contributed by atoms with van der Waals surface area (Å²) in [7, 11) is 1.71. The fraction of sp³-hybridized carbons (Fsp3) is 0.423. The molecule has 152 valence electrons. The maximum Gasteiger partial charge on any atom is 0.118 e. The molecule has 1 aromatic heterocycles. The highest BCUT2D eigenvalue weighted by Gasteiger charge is 2.38. The molecule has 3 heteroatoms. The van der Waals surface area contributed by atoms with E-state index >= 15 is 0 Å². The molecule has 0 aliphatic heterocycles. The Morgan fingerprint density at radius 2 is 1.59 bits per heavy atom. The average Bonchev–Trinajstić information content (AvgIpc) is 3.21. The number of benzene rings is 2. The highest BCUT2D eigenvalue weighted by Crippen LogP contribution is 2.48. The molecule has 4 rings (SSSR count). The molecule has 0 saturated carbocycles. The summed E-state index contributed by atoms with van der Waals surface area (Å²) in [6, 6.07) is 13.4. The van der Waals surface area contributed by atoms with Crippen LogP contribution in [0.1, 0.15) is 79.3 Å². The van der Waals surface area contributed by atoms with Gasteiger partial charge >= 0.3 is 0 Å². The van der Waals surface area contributed by atoms with Gasteiger partial charge in [-0.25, -0.2) is 4.98 Å². The molecule has 1 aliphatic carbocycles. The van der Waals surface area contributed by atoms with Crippen LogP contribution >= 0.6 is 11.3 Å². The second kappa shape index (κ2) is 7.28. The Kier molecular flexibility index (Phi) is 5.06. The summed E-state index contributed by atoms with van der Waals surface area (Å²) in [6.45, 7) is 11.8. The van der Waals surface area contributed by atoms with Gasteiger partial charge in [0.15, 0.2) is 0 Å². The molecule has 0 bridgehead atoms. The minimum Gasteiger partial charge on any atom is -0.497 e. The number of aromatic nitrogens is 1. The van der Waals surface area contributed by atoms with Gasteiger partial charge in [0, 0.05) is 11.6 Å². The molecule has 0 N–H and O–H groups in total. The van der Waals surface area contributed by atoms with E-state index in [0.717, 1.165) is 10.8 Å². The van der Waals surface area contributed by atoms with E-state index in [-0.39, 0.29) is 16.7 Å². The van der Waals surface area contributed by atoms with Crippen molar-refractivity contribution in [2.75, 3.05) is 7.11 Å². The molecule has 0 radical (unpaired) electrons. The molecular formula is C26H31NOS. The number of fused-ring (bicyclic) bond motifs is 1. The van der Waals surface area contributed by atoms with Crippen molar-refractivity contribution >= 4 is 11.3 Å². The van der Waals surface area contributed by atoms with Crippen molar-refractivity contribution in [1.29, 1.82) is 0 Å². The van der Waals surface area contributed by atoms with Crippen LogP contribution in [0.2, 0.25) is 0 Å². The normalized spacial score (nSPS) is 18.1. The van der Waals surface area contributed by atoms with Crippen LogP contribution in [-0.4, -0.2) is 12.1 Å². The minimum absolute atomic E-state index is 0.145. The highest BCUT2D eigenvalue weighted by atomic mass is 32.1. The van der Waals surface area contributed by atoms with E-state index < -0.39 is 0 Å². The second-order valence-corrected chi connectivity index (χ2v) is 10.5. The molecule has 1 aliphatic rings. The number of hydrogen-bond acceptors (Lipinski definition) is 3. The average molecular weight is 406 g/mol. The Balaban J connectivity index is 1.92. The van der Waals surface area contributed by atoms with Gasteiger partial charge in [0.2, 0.25) is 0 Å². The van der Waals surface area contributed by atoms with E-state index in [1.165, 1.54) is 40.7 Å². The zero-order chi connectivity index (χ0) is 20.8. The smallest absolute Gasteiger partial charge is 0.118 e. The molecule has 2 aromatic carbocycles. The van der Waals surface area contributed by atoms with E-state index in [4.69, 9.17) is 9.72 Å². The predicted octanol–water partition coefficient (Wildman–Crippen LogP) is 6.99. The maximum atomic E-state index is 5.38. The van der Waals surface area contributed by atoms with Crippen molar-refractivity contribution in [3.05, 3.63) is 80.8 Å². The molecule has 1 heterocycles. The summed E-state index contributed by atoms with van der Waals surface area (Å²) >= 11 is 1.73. The lowest BCUT2D eigenvalue weighted by Crippen LogP contribution is -2.34. The number of aryl methyl sites for hydroxylation is 1. The summed E-state index contributed by atoms with van der Waals surface area (Å²) in [5.74, 6) is 1.03. The van der Waals surface area contributed by atoms with Crippen molar-refractivity contribution in [2.45, 2.75) is 64.2 Å². The third kappa shape index (κ3) is 3.61. The van der Waals surface area contributed by atoms with Crippen LogP contribution in [0.15, 0.2) is 48.0 Å². The number of rotatable bonds is 4. The number of ether oxygens (including phenoxy) is 1. The van der Waals surface area contributed by atoms with Crippen LogP contribution in [-0.2, 0) is 10.8 Å². The van der Waals surface area contributed by atoms with Crippen LogP contribution in [0.25, 0.3) is 0 Å². The van der Waals surface area contributed by atoms with Gasteiger partial charge in [-0.1, -0.05) is 52.0 Å². The van der Waals surface area contributed by atoms with Crippen LogP contribution in [0.3, 0.4) is 0 Å². The Hall–Kier alpha value is -2.13. The van der Waals surface area contributed by atoms with Crippen molar-refractivity contribution in [3.63, 3.8) is 0 Å². The number of nitrogens with zero attached hydrogens (tertiary/aromatic N) is 1. The summed E-state index contributed by atoms with van der Waals surface area (Å²) in [4.78, 5) is 4.72. The number of hydrogen-bond donors (Lipinski definition) is 0. The van der Waals surface area contributed by atoms with E-state index in [0.29, 0.717) is 0 Å². The zero-order valence-corrected chi connectivity index (χ0v) is 19.2. The van der Waals surface area contributed by atoms with Crippen molar-refractivity contribution in [3.8, 4) is 5.75 Å². The van der Waals surface area contributed by atoms with Gasteiger partial charge in [-0.3, -0.25) is 0 Å². The molecule has 3 aromatic rings. The lowest BCUT2D eigenvalue weighted by Gasteiger charge is -2.42. The van der Waals surface area contributed by atoms with Gasteiger partial charge in [0.1, 0.15) is 10.8 Å². The fourth-order valence-electron chi connectivity index (χ4n) is 4.68. The minimum atomic E-state index is 0.145. The topological polar surface area (TPSA) is 22.1 Å². The first-order valence-corrected chi connectivity index (χ1v) is 11.3. The molecule has 0 spiro atoms. The molecule has 29 heavy (non-hydrogen) atoms. The van der Waals surface area contributed by atoms with Crippen LogP contribution < -0.4 is 4.74 Å². The van der Waals surface area contributed by atoms with E-state index in [1.807, 2.05) is 6.20 Å². The van der Waals surface area contributed by atoms with E-state index in [1.54, 1.807) is 18.4 Å². The van der Waals surface area contributed by atoms with Crippen LogP contribution in [0.4, 0.5) is 0 Å². The second-order valence-electron chi connectivity index (χ2n) is 9.60. The standard InChI is InChI=1S/C26H31NOS/c1-17-15-21-22(26(4,5)12-11-25(21,2)3)16-20(17)23(24-27-13-14-29-24)18-7-9-19(28-6)10-8-18/h7-10,13-16,23H,11-12H2,1-6H3. The van der Waals surface area contributed by atoms with Crippen molar-refractivity contribution in [1.82, 2.24) is 4.98 Å². The summed E-state index contributed by atoms with van der Waals surface area (Å²) in [5, 5.41) is 3.22. The molecular weight excluding hydrogens is 374 g/mol. The van der Waals surface area contributed by atoms with Gasteiger partial charge in [-0.05, 0) is 70.5 Å². The summed E-state index contributed by atoms with van der Waals surface area (Å²) in [5.41, 5.74) is 7.43. The van der Waals surface area contributed by atoms with Gasteiger partial charge in [0.25, 0.3) is 0 Å². The van der Waals surface area contributed by atoms with Crippen molar-refractivity contribution < 1.29 is 4.74 Å². The Labute approximate surface area is 179 Å². The summed E-state index contributed by atoms with van der Waals surface area (Å²) in [6.07, 6.45) is 4.37. The van der Waals surface area contributed by atoms with Gasteiger partial charge in [-0.15, -0.1) is 11.3 Å². The Morgan fingerprint density at radius 1 is 0.966 bits per heavy atom. The fourth-order valence-corrected chi connectivity index (χ4v) is 5.46. The molecule has 1 atom stereocenters. The van der Waals surface area contributed by atoms with Gasteiger partial charge in [-0.2, -0.15) is 0 Å². The molecule has 0 fully saturated rings. The molecule has 0 saturated heterocycles. The van der Waals surface area contributed by atoms with E-state index in [9.17, 15) is 0 Å². The Morgan fingerprint density at radius 3 is 2.14 bits per heavy atom.